The number of nitrogens with one attached hydrogen (secondary N) is 1. The van der Waals surface area contributed by atoms with E-state index in [0.717, 1.165) is 38.9 Å². The number of nitrogens with two attached hydrogens (primary N) is 1. The maximum Gasteiger partial charge on any atom is 0.223 e. The Kier molecular flexibility index (Phi) is 6.52. The second-order valence-corrected chi connectivity index (χ2v) is 5.38. The normalized spacial score (nSPS) is 24.2. The Morgan fingerprint density at radius 1 is 1.47 bits per heavy atom. The minimum absolute atomic E-state index is 0.140. The van der Waals surface area contributed by atoms with Gasteiger partial charge < -0.3 is 15.8 Å². The number of carbonyl (C=O) groups is 1. The SMILES string of the molecule is CC(C)COCCCNC(=O)C1CCC(N)C1. The van der Waals surface area contributed by atoms with Crippen LogP contribution >= 0.6 is 0 Å². The number of amides is 1. The molecule has 0 aromatic rings. The fourth-order valence-corrected chi connectivity index (χ4v) is 2.10. The first-order chi connectivity index (χ1) is 8.09. The number of ether oxygens (including phenoxy) is 1. The molecule has 2 unspecified atom stereocenters. The van der Waals surface area contributed by atoms with Crippen molar-refractivity contribution in [3.8, 4) is 0 Å². The minimum Gasteiger partial charge on any atom is -0.381 e. The summed E-state index contributed by atoms with van der Waals surface area (Å²) in [6.45, 7) is 6.49. The molecule has 0 aliphatic heterocycles. The van der Waals surface area contributed by atoms with Crippen molar-refractivity contribution in [1.29, 1.82) is 0 Å². The van der Waals surface area contributed by atoms with E-state index in [-0.39, 0.29) is 17.9 Å². The zero-order valence-electron chi connectivity index (χ0n) is 11.1. The number of rotatable bonds is 7. The van der Waals surface area contributed by atoms with Crippen molar-refractivity contribution in [2.75, 3.05) is 19.8 Å². The van der Waals surface area contributed by atoms with E-state index >= 15 is 0 Å². The van der Waals surface area contributed by atoms with Crippen LogP contribution in [0.15, 0.2) is 0 Å². The highest BCUT2D eigenvalue weighted by molar-refractivity contribution is 5.78. The van der Waals surface area contributed by atoms with Crippen molar-refractivity contribution < 1.29 is 9.53 Å². The van der Waals surface area contributed by atoms with Gasteiger partial charge in [0.05, 0.1) is 0 Å². The van der Waals surface area contributed by atoms with Gasteiger partial charge in [-0.15, -0.1) is 0 Å². The first kappa shape index (κ1) is 14.5. The molecule has 0 aromatic carbocycles. The maximum absolute atomic E-state index is 11.7. The van der Waals surface area contributed by atoms with E-state index in [1.54, 1.807) is 0 Å². The smallest absolute Gasteiger partial charge is 0.223 e. The summed E-state index contributed by atoms with van der Waals surface area (Å²) in [7, 11) is 0. The van der Waals surface area contributed by atoms with Gasteiger partial charge >= 0.3 is 0 Å². The number of hydrogen-bond acceptors (Lipinski definition) is 3. The van der Waals surface area contributed by atoms with E-state index in [9.17, 15) is 4.79 Å². The standard InChI is InChI=1S/C13H26N2O2/c1-10(2)9-17-7-3-6-15-13(16)11-4-5-12(14)8-11/h10-12H,3-9,14H2,1-2H3,(H,15,16). The fourth-order valence-electron chi connectivity index (χ4n) is 2.10. The third-order valence-electron chi connectivity index (χ3n) is 3.06. The molecule has 1 fully saturated rings. The van der Waals surface area contributed by atoms with Crippen LogP contribution in [0, 0.1) is 11.8 Å². The van der Waals surface area contributed by atoms with E-state index in [4.69, 9.17) is 10.5 Å². The highest BCUT2D eigenvalue weighted by atomic mass is 16.5. The summed E-state index contributed by atoms with van der Waals surface area (Å²) in [5.41, 5.74) is 5.79. The van der Waals surface area contributed by atoms with Gasteiger partial charge in [0, 0.05) is 31.7 Å². The fraction of sp³-hybridized carbons (Fsp3) is 0.923. The summed E-state index contributed by atoms with van der Waals surface area (Å²) < 4.78 is 5.45. The molecule has 0 spiro atoms. The average molecular weight is 242 g/mol. The van der Waals surface area contributed by atoms with Crippen molar-refractivity contribution in [1.82, 2.24) is 5.32 Å². The van der Waals surface area contributed by atoms with Crippen molar-refractivity contribution in [3.05, 3.63) is 0 Å². The Labute approximate surface area is 104 Å². The molecule has 3 N–H and O–H groups in total. The molecule has 0 saturated heterocycles. The molecule has 4 heteroatoms. The lowest BCUT2D eigenvalue weighted by Gasteiger charge is -2.11. The predicted octanol–water partition coefficient (Wildman–Crippen LogP) is 1.29. The van der Waals surface area contributed by atoms with Gasteiger partial charge in [0.1, 0.15) is 0 Å². The molecule has 1 saturated carbocycles. The molecule has 0 bridgehead atoms. The largest absolute Gasteiger partial charge is 0.381 e. The third kappa shape index (κ3) is 6.03. The summed E-state index contributed by atoms with van der Waals surface area (Å²) in [4.78, 5) is 11.7. The predicted molar refractivity (Wildman–Crippen MR) is 68.6 cm³/mol. The summed E-state index contributed by atoms with van der Waals surface area (Å²) in [6, 6.07) is 0.222. The van der Waals surface area contributed by atoms with Gasteiger partial charge in [0.15, 0.2) is 0 Å². The number of carbonyl (C=O) groups excluding carboxylic acids is 1. The zero-order chi connectivity index (χ0) is 12.7. The van der Waals surface area contributed by atoms with Gasteiger partial charge in [-0.25, -0.2) is 0 Å². The van der Waals surface area contributed by atoms with Crippen molar-refractivity contribution in [3.63, 3.8) is 0 Å². The van der Waals surface area contributed by atoms with Crippen LogP contribution in [-0.2, 0) is 9.53 Å². The van der Waals surface area contributed by atoms with E-state index in [1.165, 1.54) is 0 Å². The van der Waals surface area contributed by atoms with Crippen LogP contribution in [-0.4, -0.2) is 31.7 Å². The Hall–Kier alpha value is -0.610. The van der Waals surface area contributed by atoms with E-state index in [2.05, 4.69) is 19.2 Å². The molecular weight excluding hydrogens is 216 g/mol. The molecule has 0 heterocycles. The first-order valence-corrected chi connectivity index (χ1v) is 6.70. The molecule has 0 aromatic heterocycles. The Balaban J connectivity index is 1.97. The monoisotopic (exact) mass is 242 g/mol. The van der Waals surface area contributed by atoms with Crippen LogP contribution in [0.5, 0.6) is 0 Å². The molecule has 1 aliphatic carbocycles. The molecule has 17 heavy (non-hydrogen) atoms. The summed E-state index contributed by atoms with van der Waals surface area (Å²) in [5, 5.41) is 2.96. The second-order valence-electron chi connectivity index (χ2n) is 5.38. The minimum atomic E-state index is 0.140. The van der Waals surface area contributed by atoms with Crippen LogP contribution in [0.25, 0.3) is 0 Å². The van der Waals surface area contributed by atoms with Crippen LogP contribution in [0.2, 0.25) is 0 Å². The van der Waals surface area contributed by atoms with Gasteiger partial charge in [-0.3, -0.25) is 4.79 Å². The van der Waals surface area contributed by atoms with Crippen LogP contribution < -0.4 is 11.1 Å². The lowest BCUT2D eigenvalue weighted by Crippen LogP contribution is -2.31. The van der Waals surface area contributed by atoms with Gasteiger partial charge in [-0.1, -0.05) is 13.8 Å². The van der Waals surface area contributed by atoms with Crippen molar-refractivity contribution in [2.45, 2.75) is 45.6 Å². The molecule has 100 valence electrons. The van der Waals surface area contributed by atoms with Crippen LogP contribution in [0.1, 0.15) is 39.5 Å². The first-order valence-electron chi connectivity index (χ1n) is 6.70. The lowest BCUT2D eigenvalue weighted by molar-refractivity contribution is -0.124. The second kappa shape index (κ2) is 7.67. The highest BCUT2D eigenvalue weighted by Crippen LogP contribution is 2.23. The maximum atomic E-state index is 11.7. The third-order valence-corrected chi connectivity index (χ3v) is 3.06. The molecule has 0 radical (unpaired) electrons. The molecular formula is C13H26N2O2. The van der Waals surface area contributed by atoms with Crippen molar-refractivity contribution in [2.24, 2.45) is 17.6 Å². The topological polar surface area (TPSA) is 64.3 Å². The Morgan fingerprint density at radius 3 is 2.82 bits per heavy atom. The molecule has 2 atom stereocenters. The van der Waals surface area contributed by atoms with E-state index in [0.29, 0.717) is 12.5 Å². The number of hydrogen-bond donors (Lipinski definition) is 2. The Bertz CT molecular complexity index is 231. The van der Waals surface area contributed by atoms with Gasteiger partial charge in [0.2, 0.25) is 5.91 Å². The van der Waals surface area contributed by atoms with Crippen LogP contribution in [0.3, 0.4) is 0 Å². The molecule has 1 amide bonds. The van der Waals surface area contributed by atoms with Crippen LogP contribution in [0.4, 0.5) is 0 Å². The summed E-state index contributed by atoms with van der Waals surface area (Å²) >= 11 is 0. The van der Waals surface area contributed by atoms with E-state index < -0.39 is 0 Å². The van der Waals surface area contributed by atoms with E-state index in [1.807, 2.05) is 0 Å². The van der Waals surface area contributed by atoms with Gasteiger partial charge in [0.25, 0.3) is 0 Å². The highest BCUT2D eigenvalue weighted by Gasteiger charge is 2.27. The molecule has 1 rings (SSSR count). The average Bonchev–Trinajstić information content (AvgIpc) is 2.69. The molecule has 4 nitrogen and oxygen atoms in total. The molecule has 1 aliphatic rings. The van der Waals surface area contributed by atoms with Gasteiger partial charge in [-0.05, 0) is 31.6 Å². The zero-order valence-corrected chi connectivity index (χ0v) is 11.1. The van der Waals surface area contributed by atoms with Gasteiger partial charge in [-0.2, -0.15) is 0 Å². The Morgan fingerprint density at radius 2 is 2.24 bits per heavy atom. The van der Waals surface area contributed by atoms with Crippen molar-refractivity contribution >= 4 is 5.91 Å². The lowest BCUT2D eigenvalue weighted by atomic mass is 10.1. The quantitative estimate of drug-likeness (QED) is 0.661. The summed E-state index contributed by atoms with van der Waals surface area (Å²) in [5.74, 6) is 0.882. The summed E-state index contributed by atoms with van der Waals surface area (Å²) in [6.07, 6.45) is 3.65.